The zero-order chi connectivity index (χ0) is 36.8. The third-order valence-corrected chi connectivity index (χ3v) is 13.4. The van der Waals surface area contributed by atoms with Crippen molar-refractivity contribution in [2.24, 2.45) is 5.92 Å². The van der Waals surface area contributed by atoms with Crippen LogP contribution in [-0.4, -0.2) is 0 Å². The van der Waals surface area contributed by atoms with Crippen LogP contribution in [0.15, 0.2) is 174 Å². The summed E-state index contributed by atoms with van der Waals surface area (Å²) in [6, 6.07) is 55.6. The molecule has 7 aromatic carbocycles. The largest absolute Gasteiger partial charge is 0.455 e. The van der Waals surface area contributed by atoms with Crippen molar-refractivity contribution in [2.45, 2.75) is 32.6 Å². The molecule has 0 saturated heterocycles. The van der Waals surface area contributed by atoms with E-state index in [-0.39, 0.29) is 5.41 Å². The average molecular weight is 726 g/mol. The highest BCUT2D eigenvalue weighted by Crippen LogP contribution is 2.54. The van der Waals surface area contributed by atoms with E-state index < -0.39 is 0 Å². The predicted molar refractivity (Wildman–Crippen MR) is 234 cm³/mol. The first-order valence-electron chi connectivity index (χ1n) is 19.3. The fourth-order valence-corrected chi connectivity index (χ4v) is 10.6. The van der Waals surface area contributed by atoms with Gasteiger partial charge in [-0.2, -0.15) is 0 Å². The van der Waals surface area contributed by atoms with Gasteiger partial charge in [0.05, 0.1) is 0 Å². The normalized spacial score (nSPS) is 16.0. The first kappa shape index (κ1) is 32.3. The molecule has 2 nitrogen and oxygen atoms in total. The van der Waals surface area contributed by atoms with Gasteiger partial charge in [0.25, 0.3) is 0 Å². The van der Waals surface area contributed by atoms with Gasteiger partial charge in [-0.05, 0) is 93.8 Å². The van der Waals surface area contributed by atoms with Gasteiger partial charge in [-0.3, -0.25) is 0 Å². The van der Waals surface area contributed by atoms with Gasteiger partial charge in [-0.15, -0.1) is 11.3 Å². The number of hydrogen-bond acceptors (Lipinski definition) is 3. The summed E-state index contributed by atoms with van der Waals surface area (Å²) in [5, 5.41) is 5.00. The number of hydrogen-bond donors (Lipinski definition) is 0. The molecule has 0 radical (unpaired) electrons. The van der Waals surface area contributed by atoms with Crippen LogP contribution in [0.2, 0.25) is 0 Å². The van der Waals surface area contributed by atoms with Crippen molar-refractivity contribution in [3.63, 3.8) is 0 Å². The molecule has 2 aliphatic rings. The highest BCUT2D eigenvalue weighted by Gasteiger charge is 2.38. The average Bonchev–Trinajstić information content (AvgIpc) is 3.86. The monoisotopic (exact) mass is 725 g/mol. The van der Waals surface area contributed by atoms with Crippen LogP contribution < -0.4 is 4.90 Å². The molecule has 55 heavy (non-hydrogen) atoms. The maximum atomic E-state index is 6.61. The zero-order valence-electron chi connectivity index (χ0n) is 31.1. The summed E-state index contributed by atoms with van der Waals surface area (Å²) in [7, 11) is 0. The minimum absolute atomic E-state index is 0.194. The number of allylic oxidation sites excluding steroid dienone is 4. The van der Waals surface area contributed by atoms with Gasteiger partial charge in [0.15, 0.2) is 0 Å². The van der Waals surface area contributed by atoms with Crippen LogP contribution in [-0.2, 0) is 5.41 Å². The molecule has 0 bridgehead atoms. The number of benzene rings is 7. The third kappa shape index (κ3) is 4.93. The Morgan fingerprint density at radius 3 is 2.18 bits per heavy atom. The highest BCUT2D eigenvalue weighted by molar-refractivity contribution is 7.26. The van der Waals surface area contributed by atoms with E-state index in [0.29, 0.717) is 5.92 Å². The van der Waals surface area contributed by atoms with Crippen LogP contribution >= 0.6 is 11.3 Å². The van der Waals surface area contributed by atoms with Gasteiger partial charge in [-0.1, -0.05) is 142 Å². The Morgan fingerprint density at radius 2 is 1.35 bits per heavy atom. The molecule has 0 aliphatic heterocycles. The molecular formula is C52H39NOS. The van der Waals surface area contributed by atoms with Crippen molar-refractivity contribution in [1.29, 1.82) is 0 Å². The summed E-state index contributed by atoms with van der Waals surface area (Å²) >= 11 is 1.89. The first-order chi connectivity index (χ1) is 26.9. The lowest BCUT2D eigenvalue weighted by Crippen LogP contribution is -2.21. The summed E-state index contributed by atoms with van der Waals surface area (Å²) < 4.78 is 9.28. The summed E-state index contributed by atoms with van der Waals surface area (Å²) in [5.41, 5.74) is 15.7. The Hall–Kier alpha value is -6.16. The second kappa shape index (κ2) is 12.2. The smallest absolute Gasteiger partial charge is 0.143 e. The minimum Gasteiger partial charge on any atom is -0.455 e. The van der Waals surface area contributed by atoms with E-state index in [9.17, 15) is 0 Å². The summed E-state index contributed by atoms with van der Waals surface area (Å²) in [6.07, 6.45) is 5.62. The summed E-state index contributed by atoms with van der Waals surface area (Å²) in [5.74, 6) is 0.367. The molecule has 1 unspecified atom stereocenters. The SMILES string of the molecule is CC1CC(N(c2ccc(-c3cccc4c3sc3ccccc34)cc2)c2ccc3c(c2)C(C)(C)c2ccc4c(oc5ccccc54)c2-3)=CC=C1c1ccccc1. The fraction of sp³-hybridized carbons (Fsp3) is 0.115. The molecule has 9 aromatic rings. The molecule has 11 rings (SSSR count). The van der Waals surface area contributed by atoms with E-state index in [1.807, 2.05) is 11.3 Å². The standard InChI is InChI=1S/C52H39NOS/c1-32-30-36(24-26-38(32)33-12-5-4-6-13-33)53(35-22-20-34(21-23-35)39-16-11-17-43-41-15-8-10-19-48(41)55-51(39)43)37-25-27-44-46(31-37)52(2,3)45-29-28-42-40-14-7-9-18-47(40)54-50(42)49(44)45/h4-29,31-32H,30H2,1-3H3. The molecule has 2 heterocycles. The fourth-order valence-electron chi connectivity index (χ4n) is 9.39. The minimum atomic E-state index is -0.194. The molecule has 0 saturated carbocycles. The van der Waals surface area contributed by atoms with E-state index in [1.165, 1.54) is 86.8 Å². The molecule has 2 aromatic heterocycles. The summed E-state index contributed by atoms with van der Waals surface area (Å²) in [6.45, 7) is 7.08. The van der Waals surface area contributed by atoms with Gasteiger partial charge in [-0.25, -0.2) is 0 Å². The Balaban J connectivity index is 1.05. The van der Waals surface area contributed by atoms with E-state index in [0.717, 1.165) is 23.3 Å². The number of anilines is 2. The van der Waals surface area contributed by atoms with Gasteiger partial charge < -0.3 is 9.32 Å². The maximum absolute atomic E-state index is 6.61. The Labute approximate surface area is 325 Å². The quantitative estimate of drug-likeness (QED) is 0.176. The number of fused-ring (bicyclic) bond motifs is 10. The van der Waals surface area contributed by atoms with Crippen LogP contribution in [0, 0.1) is 5.92 Å². The lowest BCUT2D eigenvalue weighted by molar-refractivity contribution is 0.653. The van der Waals surface area contributed by atoms with Crippen molar-refractivity contribution >= 4 is 70.4 Å². The number of thiophene rings is 1. The maximum Gasteiger partial charge on any atom is 0.143 e. The van der Waals surface area contributed by atoms with Crippen molar-refractivity contribution in [3.8, 4) is 22.3 Å². The molecular weight excluding hydrogens is 687 g/mol. The van der Waals surface area contributed by atoms with Crippen LogP contribution in [0.25, 0.3) is 69.9 Å². The van der Waals surface area contributed by atoms with Crippen molar-refractivity contribution in [1.82, 2.24) is 0 Å². The predicted octanol–water partition coefficient (Wildman–Crippen LogP) is 15.1. The van der Waals surface area contributed by atoms with Crippen LogP contribution in [0.5, 0.6) is 0 Å². The molecule has 264 valence electrons. The Bertz CT molecular complexity index is 3050. The second-order valence-electron chi connectivity index (χ2n) is 15.7. The Morgan fingerprint density at radius 1 is 0.600 bits per heavy atom. The highest BCUT2D eigenvalue weighted by atomic mass is 32.1. The van der Waals surface area contributed by atoms with Gasteiger partial charge in [0.1, 0.15) is 11.2 Å². The number of rotatable bonds is 5. The van der Waals surface area contributed by atoms with Crippen molar-refractivity contribution in [2.75, 3.05) is 4.90 Å². The summed E-state index contributed by atoms with van der Waals surface area (Å²) in [4.78, 5) is 2.49. The number of nitrogens with zero attached hydrogens (tertiary/aromatic N) is 1. The molecule has 3 heteroatoms. The van der Waals surface area contributed by atoms with Crippen LogP contribution in [0.3, 0.4) is 0 Å². The number of para-hydroxylation sites is 1. The lowest BCUT2D eigenvalue weighted by atomic mass is 9.82. The lowest BCUT2D eigenvalue weighted by Gasteiger charge is -2.33. The topological polar surface area (TPSA) is 16.4 Å². The third-order valence-electron chi connectivity index (χ3n) is 12.2. The van der Waals surface area contributed by atoms with E-state index in [2.05, 4.69) is 189 Å². The molecule has 2 aliphatic carbocycles. The van der Waals surface area contributed by atoms with Gasteiger partial charge in [0, 0.05) is 59.0 Å². The van der Waals surface area contributed by atoms with Crippen LogP contribution in [0.4, 0.5) is 11.4 Å². The molecule has 0 fully saturated rings. The molecule has 0 spiro atoms. The van der Waals surface area contributed by atoms with Crippen molar-refractivity contribution in [3.05, 3.63) is 186 Å². The zero-order valence-corrected chi connectivity index (χ0v) is 32.0. The molecule has 1 atom stereocenters. The number of furan rings is 1. The van der Waals surface area contributed by atoms with Gasteiger partial charge >= 0.3 is 0 Å². The van der Waals surface area contributed by atoms with Crippen LogP contribution in [0.1, 0.15) is 43.9 Å². The molecule has 0 amide bonds. The van der Waals surface area contributed by atoms with Crippen molar-refractivity contribution < 1.29 is 4.42 Å². The van der Waals surface area contributed by atoms with Gasteiger partial charge in [0.2, 0.25) is 0 Å². The van der Waals surface area contributed by atoms with E-state index >= 15 is 0 Å². The first-order valence-corrected chi connectivity index (χ1v) is 20.1. The second-order valence-corrected chi connectivity index (χ2v) is 16.8. The molecule has 0 N–H and O–H groups in total. The Kier molecular flexibility index (Phi) is 7.15. The van der Waals surface area contributed by atoms with E-state index in [1.54, 1.807) is 0 Å². The van der Waals surface area contributed by atoms with E-state index in [4.69, 9.17) is 4.42 Å².